The number of nitrogens with zero attached hydrogens (tertiary/aromatic N) is 4. The molecule has 0 atom stereocenters. The molecule has 0 saturated carbocycles. The van der Waals surface area contributed by atoms with Crippen molar-refractivity contribution in [3.8, 4) is 0 Å². The molecule has 2 heterocycles. The van der Waals surface area contributed by atoms with Crippen molar-refractivity contribution in [3.05, 3.63) is 71.7 Å². The van der Waals surface area contributed by atoms with Gasteiger partial charge < -0.3 is 15.5 Å². The molecule has 0 aliphatic heterocycles. The van der Waals surface area contributed by atoms with E-state index in [-0.39, 0.29) is 11.6 Å². The maximum absolute atomic E-state index is 12.2. The van der Waals surface area contributed by atoms with Crippen LogP contribution in [-0.4, -0.2) is 34.2 Å². The molecule has 0 bridgehead atoms. The average Bonchev–Trinajstić information content (AvgIpc) is 2.76. The third-order valence-corrected chi connectivity index (χ3v) is 4.65. The standard InChI is InChI=1S/C22H26N6O/c1-4-28(5-2)18-9-10-19(16(3)14-18)25-21-12-11-20(26-27-21)22(29)24-15-17-8-6-7-13-23-17/h6-14H,4-5,15H2,1-3H3,(H,24,29)(H,25,27). The number of anilines is 3. The van der Waals surface area contributed by atoms with E-state index in [0.29, 0.717) is 12.4 Å². The Morgan fingerprint density at radius 2 is 1.86 bits per heavy atom. The van der Waals surface area contributed by atoms with Gasteiger partial charge in [0.15, 0.2) is 11.5 Å². The lowest BCUT2D eigenvalue weighted by Crippen LogP contribution is -2.24. The fourth-order valence-electron chi connectivity index (χ4n) is 3.00. The average molecular weight is 390 g/mol. The first-order chi connectivity index (χ1) is 14.1. The molecule has 7 heteroatoms. The Bertz CT molecular complexity index is 939. The van der Waals surface area contributed by atoms with Crippen LogP contribution in [-0.2, 0) is 6.54 Å². The van der Waals surface area contributed by atoms with Crippen molar-refractivity contribution in [2.75, 3.05) is 23.3 Å². The van der Waals surface area contributed by atoms with E-state index < -0.39 is 0 Å². The van der Waals surface area contributed by atoms with Gasteiger partial charge in [0.1, 0.15) is 0 Å². The lowest BCUT2D eigenvalue weighted by atomic mass is 10.1. The molecule has 0 aliphatic rings. The Kier molecular flexibility index (Phi) is 6.73. The Labute approximate surface area is 171 Å². The van der Waals surface area contributed by atoms with Crippen LogP contribution in [0.5, 0.6) is 0 Å². The Morgan fingerprint density at radius 1 is 1.03 bits per heavy atom. The van der Waals surface area contributed by atoms with Crippen molar-refractivity contribution < 1.29 is 4.79 Å². The summed E-state index contributed by atoms with van der Waals surface area (Å²) in [5.41, 5.74) is 4.33. The highest BCUT2D eigenvalue weighted by Crippen LogP contribution is 2.24. The molecule has 1 amide bonds. The van der Waals surface area contributed by atoms with Crippen molar-refractivity contribution in [2.24, 2.45) is 0 Å². The first-order valence-electron chi connectivity index (χ1n) is 9.75. The van der Waals surface area contributed by atoms with Gasteiger partial charge in [-0.3, -0.25) is 9.78 Å². The van der Waals surface area contributed by atoms with E-state index >= 15 is 0 Å². The molecule has 2 aromatic heterocycles. The molecule has 0 spiro atoms. The number of hydrogen-bond donors (Lipinski definition) is 2. The minimum Gasteiger partial charge on any atom is -0.372 e. The van der Waals surface area contributed by atoms with Crippen molar-refractivity contribution in [1.82, 2.24) is 20.5 Å². The van der Waals surface area contributed by atoms with Gasteiger partial charge in [-0.05, 0) is 68.8 Å². The molecule has 0 aliphatic carbocycles. The molecular weight excluding hydrogens is 364 g/mol. The van der Waals surface area contributed by atoms with Crippen LogP contribution in [0.25, 0.3) is 0 Å². The summed E-state index contributed by atoms with van der Waals surface area (Å²) in [5.74, 6) is 0.305. The molecule has 0 fully saturated rings. The molecule has 3 aromatic rings. The fourth-order valence-corrected chi connectivity index (χ4v) is 3.00. The molecule has 1 aromatic carbocycles. The van der Waals surface area contributed by atoms with E-state index in [2.05, 4.69) is 63.6 Å². The second-order valence-corrected chi connectivity index (χ2v) is 6.60. The number of carbonyl (C=O) groups is 1. The summed E-state index contributed by atoms with van der Waals surface area (Å²) < 4.78 is 0. The Hall–Kier alpha value is -3.48. The Morgan fingerprint density at radius 3 is 2.48 bits per heavy atom. The van der Waals surface area contributed by atoms with E-state index in [1.807, 2.05) is 24.3 Å². The molecule has 0 radical (unpaired) electrons. The number of benzene rings is 1. The molecule has 0 saturated heterocycles. The molecule has 7 nitrogen and oxygen atoms in total. The van der Waals surface area contributed by atoms with Crippen molar-refractivity contribution >= 4 is 23.1 Å². The zero-order valence-electron chi connectivity index (χ0n) is 17.0. The third kappa shape index (κ3) is 5.28. The van der Waals surface area contributed by atoms with E-state index in [9.17, 15) is 4.79 Å². The van der Waals surface area contributed by atoms with Gasteiger partial charge in [0.05, 0.1) is 12.2 Å². The van der Waals surface area contributed by atoms with E-state index in [4.69, 9.17) is 0 Å². The summed E-state index contributed by atoms with van der Waals surface area (Å²) >= 11 is 0. The van der Waals surface area contributed by atoms with Crippen LogP contribution < -0.4 is 15.5 Å². The minimum atomic E-state index is -0.283. The Balaban J connectivity index is 1.62. The van der Waals surface area contributed by atoms with Crippen LogP contribution in [0.2, 0.25) is 0 Å². The van der Waals surface area contributed by atoms with E-state index in [0.717, 1.165) is 30.0 Å². The van der Waals surface area contributed by atoms with Crippen LogP contribution in [0.3, 0.4) is 0 Å². The van der Waals surface area contributed by atoms with Gasteiger partial charge >= 0.3 is 0 Å². The molecule has 2 N–H and O–H groups in total. The van der Waals surface area contributed by atoms with Gasteiger partial charge in [-0.1, -0.05) is 6.07 Å². The van der Waals surface area contributed by atoms with Crippen LogP contribution in [0, 0.1) is 6.92 Å². The van der Waals surface area contributed by atoms with Crippen molar-refractivity contribution in [3.63, 3.8) is 0 Å². The lowest BCUT2D eigenvalue weighted by Gasteiger charge is -2.22. The summed E-state index contributed by atoms with van der Waals surface area (Å²) in [6, 6.07) is 15.3. The maximum Gasteiger partial charge on any atom is 0.272 e. The quantitative estimate of drug-likeness (QED) is 0.610. The molecule has 0 unspecified atom stereocenters. The van der Waals surface area contributed by atoms with Crippen LogP contribution in [0.4, 0.5) is 17.2 Å². The first kappa shape index (κ1) is 20.3. The highest BCUT2D eigenvalue weighted by molar-refractivity contribution is 5.92. The van der Waals surface area contributed by atoms with E-state index in [1.54, 1.807) is 18.3 Å². The van der Waals surface area contributed by atoms with Gasteiger partial charge in [-0.15, -0.1) is 10.2 Å². The predicted octanol–water partition coefficient (Wildman–Crippen LogP) is 3.70. The predicted molar refractivity (Wildman–Crippen MR) is 115 cm³/mol. The second-order valence-electron chi connectivity index (χ2n) is 6.60. The monoisotopic (exact) mass is 390 g/mol. The summed E-state index contributed by atoms with van der Waals surface area (Å²) in [6.45, 7) is 8.64. The van der Waals surface area contributed by atoms with Crippen molar-refractivity contribution in [2.45, 2.75) is 27.3 Å². The van der Waals surface area contributed by atoms with Gasteiger partial charge in [-0.2, -0.15) is 0 Å². The van der Waals surface area contributed by atoms with E-state index in [1.165, 1.54) is 5.69 Å². The number of aromatic nitrogens is 3. The van der Waals surface area contributed by atoms with Gasteiger partial charge in [0.25, 0.3) is 5.91 Å². The smallest absolute Gasteiger partial charge is 0.272 e. The zero-order chi connectivity index (χ0) is 20.6. The topological polar surface area (TPSA) is 83.0 Å². The second kappa shape index (κ2) is 9.64. The van der Waals surface area contributed by atoms with Crippen LogP contribution in [0.1, 0.15) is 35.6 Å². The largest absolute Gasteiger partial charge is 0.372 e. The normalized spacial score (nSPS) is 10.4. The number of carbonyl (C=O) groups excluding carboxylic acids is 1. The molecule has 29 heavy (non-hydrogen) atoms. The maximum atomic E-state index is 12.2. The van der Waals surface area contributed by atoms with Gasteiger partial charge in [0.2, 0.25) is 0 Å². The molecule has 150 valence electrons. The number of amides is 1. The van der Waals surface area contributed by atoms with Crippen LogP contribution in [0.15, 0.2) is 54.7 Å². The minimum absolute atomic E-state index is 0.264. The number of rotatable bonds is 8. The SMILES string of the molecule is CCN(CC)c1ccc(Nc2ccc(C(=O)NCc3ccccn3)nn2)c(C)c1. The molecular formula is C22H26N6O. The van der Waals surface area contributed by atoms with Gasteiger partial charge in [0, 0.05) is 30.7 Å². The lowest BCUT2D eigenvalue weighted by molar-refractivity contribution is 0.0944. The molecule has 3 rings (SSSR count). The third-order valence-electron chi connectivity index (χ3n) is 4.65. The number of aryl methyl sites for hydroxylation is 1. The summed E-state index contributed by atoms with van der Waals surface area (Å²) in [4.78, 5) is 18.7. The summed E-state index contributed by atoms with van der Waals surface area (Å²) in [7, 11) is 0. The first-order valence-corrected chi connectivity index (χ1v) is 9.75. The fraction of sp³-hybridized carbons (Fsp3) is 0.273. The highest BCUT2D eigenvalue weighted by atomic mass is 16.1. The number of pyridine rings is 1. The number of nitrogens with one attached hydrogen (secondary N) is 2. The van der Waals surface area contributed by atoms with Crippen molar-refractivity contribution in [1.29, 1.82) is 0 Å². The van der Waals surface area contributed by atoms with Gasteiger partial charge in [-0.25, -0.2) is 0 Å². The highest BCUT2D eigenvalue weighted by Gasteiger charge is 2.10. The summed E-state index contributed by atoms with van der Waals surface area (Å²) in [6.07, 6.45) is 1.69. The van der Waals surface area contributed by atoms with Crippen LogP contribution >= 0.6 is 0 Å². The zero-order valence-corrected chi connectivity index (χ0v) is 17.0. The summed E-state index contributed by atoms with van der Waals surface area (Å²) in [5, 5.41) is 14.2. The number of hydrogen-bond acceptors (Lipinski definition) is 6.